The molecule has 1 heterocycles. The zero-order valence-electron chi connectivity index (χ0n) is 16.4. The van der Waals surface area contributed by atoms with Gasteiger partial charge < -0.3 is 15.2 Å². The van der Waals surface area contributed by atoms with Gasteiger partial charge >= 0.3 is 5.97 Å². The van der Waals surface area contributed by atoms with E-state index in [0.29, 0.717) is 33.5 Å². The van der Waals surface area contributed by atoms with Crippen LogP contribution in [-0.2, 0) is 9.59 Å². The van der Waals surface area contributed by atoms with Crippen LogP contribution in [0.25, 0.3) is 6.08 Å². The van der Waals surface area contributed by atoms with Crippen LogP contribution in [0.3, 0.4) is 0 Å². The number of carbonyl (C=O) groups is 3. The summed E-state index contributed by atoms with van der Waals surface area (Å²) in [6, 6.07) is 13.7. The van der Waals surface area contributed by atoms with E-state index in [1.54, 1.807) is 61.5 Å². The lowest BCUT2D eigenvalue weighted by Gasteiger charge is -2.13. The molecule has 0 radical (unpaired) electrons. The van der Waals surface area contributed by atoms with Crippen LogP contribution in [0, 0.1) is 0 Å². The number of aliphatic carboxylic acids is 1. The van der Waals surface area contributed by atoms with E-state index < -0.39 is 12.1 Å². The predicted octanol–water partition coefficient (Wildman–Crippen LogP) is 4.02. The molecule has 2 aromatic rings. The van der Waals surface area contributed by atoms with Crippen molar-refractivity contribution in [2.45, 2.75) is 26.4 Å². The highest BCUT2D eigenvalue weighted by molar-refractivity contribution is 8.18. The molecule has 1 unspecified atom stereocenters. The predicted molar refractivity (Wildman–Crippen MR) is 116 cm³/mol. The van der Waals surface area contributed by atoms with E-state index in [9.17, 15) is 14.4 Å². The van der Waals surface area contributed by atoms with Gasteiger partial charge in [-0.05, 0) is 73.1 Å². The fraction of sp³-hybridized carbons (Fsp3) is 0.182. The molecule has 2 aromatic carbocycles. The molecule has 3 rings (SSSR count). The van der Waals surface area contributed by atoms with Crippen molar-refractivity contribution < 1.29 is 24.2 Å². The van der Waals surface area contributed by atoms with Crippen LogP contribution >= 0.6 is 11.8 Å². The Bertz CT molecular complexity index is 1030. The van der Waals surface area contributed by atoms with Gasteiger partial charge in [-0.1, -0.05) is 19.1 Å². The van der Waals surface area contributed by atoms with E-state index in [-0.39, 0.29) is 11.7 Å². The molecular weight excluding hydrogens is 404 g/mol. The normalized spacial score (nSPS) is 17.1. The number of carbonyl (C=O) groups excluding carboxylic acids is 2. The van der Waals surface area contributed by atoms with Crippen LogP contribution in [0.1, 0.15) is 36.2 Å². The number of amidine groups is 1. The summed E-state index contributed by atoms with van der Waals surface area (Å²) in [4.78, 5) is 39.5. The number of nitrogens with zero attached hydrogens (tertiary/aromatic N) is 1. The number of hydrogen-bond donors (Lipinski definition) is 2. The van der Waals surface area contributed by atoms with Crippen LogP contribution in [-0.4, -0.2) is 34.0 Å². The van der Waals surface area contributed by atoms with Gasteiger partial charge in [0, 0.05) is 5.56 Å². The lowest BCUT2D eigenvalue weighted by Crippen LogP contribution is -2.25. The van der Waals surface area contributed by atoms with Crippen LogP contribution in [0.4, 0.5) is 5.69 Å². The Labute approximate surface area is 177 Å². The molecule has 0 aromatic heterocycles. The number of nitrogens with one attached hydrogen (secondary N) is 1. The van der Waals surface area contributed by atoms with Gasteiger partial charge in [0.2, 0.25) is 0 Å². The Kier molecular flexibility index (Phi) is 6.68. The van der Waals surface area contributed by atoms with Crippen molar-refractivity contribution in [1.82, 2.24) is 5.32 Å². The highest BCUT2D eigenvalue weighted by Gasteiger charge is 2.24. The second-order valence-corrected chi connectivity index (χ2v) is 7.54. The van der Waals surface area contributed by atoms with Crippen molar-refractivity contribution in [1.29, 1.82) is 0 Å². The van der Waals surface area contributed by atoms with Gasteiger partial charge in [-0.25, -0.2) is 9.79 Å². The number of ether oxygens (including phenoxy) is 1. The van der Waals surface area contributed by atoms with Gasteiger partial charge in [-0.15, -0.1) is 0 Å². The van der Waals surface area contributed by atoms with Gasteiger partial charge in [-0.2, -0.15) is 0 Å². The van der Waals surface area contributed by atoms with Crippen molar-refractivity contribution in [3.63, 3.8) is 0 Å². The number of carboxylic acids is 1. The third-order valence-electron chi connectivity index (χ3n) is 4.26. The van der Waals surface area contributed by atoms with E-state index in [2.05, 4.69) is 10.3 Å². The first kappa shape index (κ1) is 21.3. The molecule has 0 saturated carbocycles. The first-order valence-electron chi connectivity index (χ1n) is 9.26. The quantitative estimate of drug-likeness (QED) is 0.514. The Hall–Kier alpha value is -3.39. The second kappa shape index (κ2) is 9.41. The Balaban J connectivity index is 1.69. The highest BCUT2D eigenvalue weighted by atomic mass is 32.2. The molecule has 7 nitrogen and oxygen atoms in total. The van der Waals surface area contributed by atoms with Crippen molar-refractivity contribution in [2.24, 2.45) is 4.99 Å². The minimum absolute atomic E-state index is 0.0208. The van der Waals surface area contributed by atoms with E-state index in [4.69, 9.17) is 9.84 Å². The largest absolute Gasteiger partial charge is 0.479 e. The SMILES string of the molecule is CCC(Oc1ccc(/C=C2/SC(=Nc3ccc(C(C)=O)cc3)NC2=O)cc1)C(=O)O. The molecule has 2 N–H and O–H groups in total. The van der Waals surface area contributed by atoms with E-state index in [1.165, 1.54) is 18.7 Å². The molecule has 154 valence electrons. The average molecular weight is 424 g/mol. The average Bonchev–Trinajstić information content (AvgIpc) is 3.06. The van der Waals surface area contributed by atoms with E-state index in [1.807, 2.05) is 0 Å². The molecule has 30 heavy (non-hydrogen) atoms. The first-order valence-corrected chi connectivity index (χ1v) is 10.1. The molecule has 0 bridgehead atoms. The summed E-state index contributed by atoms with van der Waals surface area (Å²) < 4.78 is 5.43. The minimum Gasteiger partial charge on any atom is -0.479 e. The number of aliphatic imine (C=N–C) groups is 1. The zero-order chi connectivity index (χ0) is 21.7. The van der Waals surface area contributed by atoms with Crippen molar-refractivity contribution in [3.05, 3.63) is 64.6 Å². The standard InChI is InChI=1S/C22H20N2O5S/c1-3-18(21(27)28)29-17-10-4-14(5-11-17)12-19-20(26)24-22(30-19)23-16-8-6-15(7-9-16)13(2)25/h4-12,18H,3H2,1-2H3,(H,27,28)(H,23,24,26)/b19-12+. The highest BCUT2D eigenvalue weighted by Crippen LogP contribution is 2.28. The van der Waals surface area contributed by atoms with Crippen molar-refractivity contribution in [3.8, 4) is 5.75 Å². The van der Waals surface area contributed by atoms with Crippen molar-refractivity contribution in [2.75, 3.05) is 0 Å². The number of amides is 1. The molecule has 8 heteroatoms. The topological polar surface area (TPSA) is 105 Å². The number of ketones is 1. The van der Waals surface area contributed by atoms with Gasteiger partial charge in [0.1, 0.15) is 5.75 Å². The number of carboxylic acid groups (broad SMARTS) is 1. The van der Waals surface area contributed by atoms with Gasteiger partial charge in [0.15, 0.2) is 17.1 Å². The van der Waals surface area contributed by atoms with E-state index >= 15 is 0 Å². The van der Waals surface area contributed by atoms with E-state index in [0.717, 1.165) is 5.56 Å². The zero-order valence-corrected chi connectivity index (χ0v) is 17.2. The number of hydrogen-bond acceptors (Lipinski definition) is 6. The molecular formula is C22H20N2O5S. The summed E-state index contributed by atoms with van der Waals surface area (Å²) in [7, 11) is 0. The number of thioether (sulfide) groups is 1. The molecule has 1 amide bonds. The summed E-state index contributed by atoms with van der Waals surface area (Å²) in [6.45, 7) is 3.24. The summed E-state index contributed by atoms with van der Waals surface area (Å²) >= 11 is 1.22. The van der Waals surface area contributed by atoms with Crippen LogP contribution in [0.5, 0.6) is 5.75 Å². The summed E-state index contributed by atoms with van der Waals surface area (Å²) in [5, 5.41) is 12.2. The molecule has 1 aliphatic heterocycles. The molecule has 1 fully saturated rings. The van der Waals surface area contributed by atoms with Gasteiger partial charge in [0.05, 0.1) is 10.6 Å². The Morgan fingerprint density at radius 1 is 1.17 bits per heavy atom. The lowest BCUT2D eigenvalue weighted by molar-refractivity contribution is -0.145. The fourth-order valence-electron chi connectivity index (χ4n) is 2.64. The Morgan fingerprint density at radius 3 is 2.40 bits per heavy atom. The first-order chi connectivity index (χ1) is 14.4. The molecule has 0 aliphatic carbocycles. The maximum Gasteiger partial charge on any atom is 0.344 e. The molecule has 0 spiro atoms. The maximum atomic E-state index is 12.2. The number of rotatable bonds is 7. The molecule has 1 atom stereocenters. The molecule has 1 saturated heterocycles. The van der Waals surface area contributed by atoms with Crippen LogP contribution < -0.4 is 10.1 Å². The van der Waals surface area contributed by atoms with Crippen molar-refractivity contribution >= 4 is 46.4 Å². The van der Waals surface area contributed by atoms with Crippen LogP contribution in [0.15, 0.2) is 58.4 Å². The third-order valence-corrected chi connectivity index (χ3v) is 5.17. The summed E-state index contributed by atoms with van der Waals surface area (Å²) in [5.74, 6) is -0.833. The summed E-state index contributed by atoms with van der Waals surface area (Å²) in [6.07, 6.45) is 1.19. The second-order valence-electron chi connectivity index (χ2n) is 6.51. The smallest absolute Gasteiger partial charge is 0.344 e. The van der Waals surface area contributed by atoms with Crippen LogP contribution in [0.2, 0.25) is 0 Å². The monoisotopic (exact) mass is 424 g/mol. The Morgan fingerprint density at radius 2 is 1.83 bits per heavy atom. The third kappa shape index (κ3) is 5.36. The molecule has 1 aliphatic rings. The lowest BCUT2D eigenvalue weighted by atomic mass is 10.1. The summed E-state index contributed by atoms with van der Waals surface area (Å²) in [5.41, 5.74) is 2.01. The number of benzene rings is 2. The fourth-order valence-corrected chi connectivity index (χ4v) is 3.48. The number of Topliss-reactive ketones (excluding diaryl/α,β-unsaturated/α-hetero) is 1. The minimum atomic E-state index is -1.01. The van der Waals surface area contributed by atoms with Gasteiger partial charge in [-0.3, -0.25) is 9.59 Å². The van der Waals surface area contributed by atoms with Gasteiger partial charge in [0.25, 0.3) is 5.91 Å². The maximum absolute atomic E-state index is 12.2.